The first kappa shape index (κ1) is 12.9. The minimum absolute atomic E-state index is 0.00502. The van der Waals surface area contributed by atoms with Gasteiger partial charge in [-0.15, -0.1) is 0 Å². The molecule has 0 atom stereocenters. The Labute approximate surface area is 118 Å². The molecule has 104 valence electrons. The molecule has 1 aliphatic carbocycles. The number of ketones is 1. The lowest BCUT2D eigenvalue weighted by molar-refractivity contribution is 0.102. The molecular formula is C16H18N2O2. The molecule has 0 radical (unpaired) electrons. The minimum Gasteiger partial charge on any atom is -0.490 e. The third-order valence-electron chi connectivity index (χ3n) is 3.38. The Morgan fingerprint density at radius 1 is 1.35 bits per heavy atom. The molecule has 2 aromatic rings. The number of aryl methyl sites for hydroxylation is 2. The number of hydrogen-bond acceptors (Lipinski definition) is 3. The number of ether oxygens (including phenoxy) is 1. The molecule has 0 N–H and O–H groups in total. The standard InChI is InChI=1S/C16H18N2O2/c1-3-18-15(10-11(2)17-18)16(19)12-4-6-13(7-5-12)20-14-8-9-14/h4-7,10,14H,3,8-9H2,1-2H3. The van der Waals surface area contributed by atoms with Crippen LogP contribution in [0.15, 0.2) is 30.3 Å². The maximum atomic E-state index is 12.5. The number of nitrogens with zero attached hydrogens (tertiary/aromatic N) is 2. The van der Waals surface area contributed by atoms with Gasteiger partial charge in [0.2, 0.25) is 5.78 Å². The molecule has 3 rings (SSSR count). The second-order valence-corrected chi connectivity index (χ2v) is 5.16. The molecule has 0 bridgehead atoms. The van der Waals surface area contributed by atoms with E-state index in [-0.39, 0.29) is 5.78 Å². The molecule has 0 unspecified atom stereocenters. The fraction of sp³-hybridized carbons (Fsp3) is 0.375. The van der Waals surface area contributed by atoms with Gasteiger partial charge in [0, 0.05) is 12.1 Å². The van der Waals surface area contributed by atoms with Gasteiger partial charge in [-0.25, -0.2) is 0 Å². The van der Waals surface area contributed by atoms with E-state index in [2.05, 4.69) is 5.10 Å². The van der Waals surface area contributed by atoms with E-state index in [1.165, 1.54) is 0 Å². The Bertz CT molecular complexity index is 624. The van der Waals surface area contributed by atoms with E-state index in [0.29, 0.717) is 23.9 Å². The third kappa shape index (κ3) is 2.59. The molecule has 1 aromatic carbocycles. The van der Waals surface area contributed by atoms with E-state index in [0.717, 1.165) is 24.3 Å². The summed E-state index contributed by atoms with van der Waals surface area (Å²) in [5.41, 5.74) is 2.17. The van der Waals surface area contributed by atoms with E-state index in [1.807, 2.05) is 44.2 Å². The maximum absolute atomic E-state index is 12.5. The summed E-state index contributed by atoms with van der Waals surface area (Å²) in [6.45, 7) is 4.57. The van der Waals surface area contributed by atoms with Crippen molar-refractivity contribution in [1.82, 2.24) is 9.78 Å². The lowest BCUT2D eigenvalue weighted by Gasteiger charge is -2.06. The van der Waals surface area contributed by atoms with Gasteiger partial charge in [0.25, 0.3) is 0 Å². The highest BCUT2D eigenvalue weighted by atomic mass is 16.5. The third-order valence-corrected chi connectivity index (χ3v) is 3.38. The van der Waals surface area contributed by atoms with Crippen LogP contribution in [-0.4, -0.2) is 21.7 Å². The molecule has 1 saturated carbocycles. The van der Waals surface area contributed by atoms with Crippen molar-refractivity contribution in [1.29, 1.82) is 0 Å². The van der Waals surface area contributed by atoms with Gasteiger partial charge in [0.1, 0.15) is 11.4 Å². The van der Waals surface area contributed by atoms with Gasteiger partial charge in [-0.2, -0.15) is 5.10 Å². The van der Waals surface area contributed by atoms with Crippen LogP contribution in [0.1, 0.15) is 41.5 Å². The topological polar surface area (TPSA) is 44.1 Å². The van der Waals surface area contributed by atoms with Gasteiger partial charge in [0.05, 0.1) is 11.8 Å². The number of carbonyl (C=O) groups is 1. The summed E-state index contributed by atoms with van der Waals surface area (Å²) >= 11 is 0. The van der Waals surface area contributed by atoms with Crippen LogP contribution < -0.4 is 4.74 Å². The van der Waals surface area contributed by atoms with Crippen molar-refractivity contribution in [2.75, 3.05) is 0 Å². The first-order valence-corrected chi connectivity index (χ1v) is 7.03. The minimum atomic E-state index is 0.00502. The van der Waals surface area contributed by atoms with Gasteiger partial charge < -0.3 is 4.74 Å². The molecule has 4 heteroatoms. The molecule has 20 heavy (non-hydrogen) atoms. The van der Waals surface area contributed by atoms with Crippen LogP contribution in [0.3, 0.4) is 0 Å². The fourth-order valence-electron chi connectivity index (χ4n) is 2.18. The second-order valence-electron chi connectivity index (χ2n) is 5.16. The SMILES string of the molecule is CCn1nc(C)cc1C(=O)c1ccc(OC2CC2)cc1. The predicted molar refractivity (Wildman–Crippen MR) is 76.2 cm³/mol. The zero-order chi connectivity index (χ0) is 14.1. The summed E-state index contributed by atoms with van der Waals surface area (Å²) < 4.78 is 7.43. The second kappa shape index (κ2) is 5.12. The summed E-state index contributed by atoms with van der Waals surface area (Å²) in [5.74, 6) is 0.842. The highest BCUT2D eigenvalue weighted by Gasteiger charge is 2.23. The highest BCUT2D eigenvalue weighted by molar-refractivity contribution is 6.08. The lowest BCUT2D eigenvalue weighted by atomic mass is 10.1. The van der Waals surface area contributed by atoms with E-state index < -0.39 is 0 Å². The number of hydrogen-bond donors (Lipinski definition) is 0. The molecule has 0 spiro atoms. The molecule has 1 fully saturated rings. The van der Waals surface area contributed by atoms with Gasteiger partial charge in [0.15, 0.2) is 0 Å². The Hall–Kier alpha value is -2.10. The van der Waals surface area contributed by atoms with Crippen LogP contribution in [-0.2, 0) is 6.54 Å². The number of benzene rings is 1. The summed E-state index contributed by atoms with van der Waals surface area (Å²) in [6, 6.07) is 9.21. The average Bonchev–Trinajstić information content (AvgIpc) is 3.19. The van der Waals surface area contributed by atoms with E-state index in [4.69, 9.17) is 4.74 Å². The van der Waals surface area contributed by atoms with Crippen molar-refractivity contribution >= 4 is 5.78 Å². The lowest BCUT2D eigenvalue weighted by Crippen LogP contribution is -2.10. The Kier molecular flexibility index (Phi) is 3.30. The fourth-order valence-corrected chi connectivity index (χ4v) is 2.18. The zero-order valence-electron chi connectivity index (χ0n) is 11.8. The smallest absolute Gasteiger partial charge is 0.211 e. The van der Waals surface area contributed by atoms with Crippen molar-refractivity contribution in [3.05, 3.63) is 47.3 Å². The summed E-state index contributed by atoms with van der Waals surface area (Å²) in [5, 5.41) is 4.31. The Morgan fingerprint density at radius 2 is 2.05 bits per heavy atom. The quantitative estimate of drug-likeness (QED) is 0.784. The molecule has 1 aliphatic rings. The van der Waals surface area contributed by atoms with Gasteiger partial charge in [-0.1, -0.05) is 0 Å². The Balaban J connectivity index is 1.81. The van der Waals surface area contributed by atoms with Gasteiger partial charge in [-0.05, 0) is 57.0 Å². The van der Waals surface area contributed by atoms with Crippen LogP contribution in [0.4, 0.5) is 0 Å². The Morgan fingerprint density at radius 3 is 2.65 bits per heavy atom. The first-order chi connectivity index (χ1) is 9.67. The summed E-state index contributed by atoms with van der Waals surface area (Å²) in [6.07, 6.45) is 2.64. The zero-order valence-corrected chi connectivity index (χ0v) is 11.8. The van der Waals surface area contributed by atoms with Crippen LogP contribution in [0.2, 0.25) is 0 Å². The largest absolute Gasteiger partial charge is 0.490 e. The molecule has 0 saturated heterocycles. The maximum Gasteiger partial charge on any atom is 0.211 e. The van der Waals surface area contributed by atoms with Crippen LogP contribution in [0.5, 0.6) is 5.75 Å². The summed E-state index contributed by atoms with van der Waals surface area (Å²) in [7, 11) is 0. The van der Waals surface area contributed by atoms with Gasteiger partial charge in [-0.3, -0.25) is 9.48 Å². The predicted octanol–water partition coefficient (Wildman–Crippen LogP) is 2.98. The monoisotopic (exact) mass is 270 g/mol. The van der Waals surface area contributed by atoms with Crippen LogP contribution >= 0.6 is 0 Å². The number of aromatic nitrogens is 2. The van der Waals surface area contributed by atoms with Crippen molar-refractivity contribution in [2.24, 2.45) is 0 Å². The molecule has 0 aliphatic heterocycles. The van der Waals surface area contributed by atoms with E-state index in [1.54, 1.807) is 4.68 Å². The summed E-state index contributed by atoms with van der Waals surface area (Å²) in [4.78, 5) is 12.5. The highest BCUT2D eigenvalue weighted by Crippen LogP contribution is 2.27. The molecular weight excluding hydrogens is 252 g/mol. The van der Waals surface area contributed by atoms with E-state index >= 15 is 0 Å². The number of rotatable bonds is 5. The van der Waals surface area contributed by atoms with Crippen molar-refractivity contribution in [3.8, 4) is 5.75 Å². The first-order valence-electron chi connectivity index (χ1n) is 7.03. The average molecular weight is 270 g/mol. The number of carbonyl (C=O) groups excluding carboxylic acids is 1. The van der Waals surface area contributed by atoms with Crippen molar-refractivity contribution in [3.63, 3.8) is 0 Å². The normalized spacial score (nSPS) is 14.3. The van der Waals surface area contributed by atoms with Gasteiger partial charge >= 0.3 is 0 Å². The molecule has 1 aromatic heterocycles. The molecule has 1 heterocycles. The van der Waals surface area contributed by atoms with Crippen LogP contribution in [0, 0.1) is 6.92 Å². The van der Waals surface area contributed by atoms with E-state index in [9.17, 15) is 4.79 Å². The molecule has 0 amide bonds. The van der Waals surface area contributed by atoms with Crippen molar-refractivity contribution < 1.29 is 9.53 Å². The van der Waals surface area contributed by atoms with Crippen molar-refractivity contribution in [2.45, 2.75) is 39.3 Å². The molecule has 4 nitrogen and oxygen atoms in total. The van der Waals surface area contributed by atoms with Crippen LogP contribution in [0.25, 0.3) is 0 Å².